The minimum absolute atomic E-state index is 0.216. The van der Waals surface area contributed by atoms with Crippen molar-refractivity contribution < 1.29 is 9.18 Å². The van der Waals surface area contributed by atoms with Gasteiger partial charge in [-0.1, -0.05) is 26.3 Å². The summed E-state index contributed by atoms with van der Waals surface area (Å²) in [6.45, 7) is 7.80. The lowest BCUT2D eigenvalue weighted by Crippen LogP contribution is -2.47. The summed E-state index contributed by atoms with van der Waals surface area (Å²) in [6, 6.07) is 7.96. The van der Waals surface area contributed by atoms with E-state index < -0.39 is 5.41 Å². The summed E-state index contributed by atoms with van der Waals surface area (Å²) in [6.07, 6.45) is 7.46. The average molecular weight is 472 g/mol. The quantitative estimate of drug-likeness (QED) is 0.575. The van der Waals surface area contributed by atoms with E-state index in [1.807, 2.05) is 13.8 Å². The zero-order valence-corrected chi connectivity index (χ0v) is 20.3. The number of rotatable bonds is 2. The molecule has 2 aromatic heterocycles. The van der Waals surface area contributed by atoms with Gasteiger partial charge in [-0.2, -0.15) is 5.26 Å². The van der Waals surface area contributed by atoms with Crippen molar-refractivity contribution in [2.75, 3.05) is 31.1 Å². The molecule has 0 atom stereocenters. The van der Waals surface area contributed by atoms with Crippen LogP contribution < -0.4 is 4.90 Å². The SMILES string of the molecule is CC1(C)c2[nH]c3cc(C#N)ccc3c2C(=O)c2cnc(N3CCC(N4CCCCC4)CC3)c(F)c21. The van der Waals surface area contributed by atoms with Gasteiger partial charge in [0.1, 0.15) is 0 Å². The Morgan fingerprint density at radius 1 is 1.14 bits per heavy atom. The molecule has 7 heteroatoms. The third-order valence-electron chi connectivity index (χ3n) is 8.32. The van der Waals surface area contributed by atoms with Gasteiger partial charge in [0.05, 0.1) is 17.2 Å². The van der Waals surface area contributed by atoms with Crippen LogP contribution in [0.3, 0.4) is 0 Å². The second kappa shape index (κ2) is 8.17. The molecule has 0 radical (unpaired) electrons. The van der Waals surface area contributed by atoms with Crippen molar-refractivity contribution >= 4 is 22.5 Å². The van der Waals surface area contributed by atoms with Crippen LogP contribution in [0.5, 0.6) is 0 Å². The lowest BCUT2D eigenvalue weighted by atomic mass is 9.71. The standard InChI is InChI=1S/C28H30FN5O/c1-28(2)23-20(25(35)22-19-7-6-17(15-30)14-21(19)32-26(22)28)16-31-27(24(23)29)34-12-8-18(9-13-34)33-10-4-3-5-11-33/h6-7,14,16,18,32H,3-5,8-13H2,1-2H3. The van der Waals surface area contributed by atoms with Crippen LogP contribution >= 0.6 is 0 Å². The molecule has 4 heterocycles. The number of hydrogen-bond acceptors (Lipinski definition) is 5. The topological polar surface area (TPSA) is 76.0 Å². The normalized spacial score (nSPS) is 20.5. The number of halogens is 1. The Kier molecular flexibility index (Phi) is 5.19. The van der Waals surface area contributed by atoms with Gasteiger partial charge >= 0.3 is 0 Å². The Morgan fingerprint density at radius 2 is 1.89 bits per heavy atom. The molecule has 0 saturated carbocycles. The van der Waals surface area contributed by atoms with E-state index in [2.05, 4.69) is 25.8 Å². The van der Waals surface area contributed by atoms with Gasteiger partial charge in [-0.25, -0.2) is 9.37 Å². The molecule has 0 spiro atoms. The van der Waals surface area contributed by atoms with E-state index in [0.717, 1.165) is 36.8 Å². The third-order valence-corrected chi connectivity index (χ3v) is 8.32. The van der Waals surface area contributed by atoms with Crippen molar-refractivity contribution in [3.05, 3.63) is 58.2 Å². The average Bonchev–Trinajstić information content (AvgIpc) is 3.28. The summed E-state index contributed by atoms with van der Waals surface area (Å²) in [5, 5.41) is 10.0. The highest BCUT2D eigenvalue weighted by atomic mass is 19.1. The van der Waals surface area contributed by atoms with Gasteiger partial charge in [-0.15, -0.1) is 0 Å². The molecule has 0 amide bonds. The number of likely N-dealkylation sites (tertiary alicyclic amines) is 1. The van der Waals surface area contributed by atoms with Crippen molar-refractivity contribution in [2.24, 2.45) is 0 Å². The second-order valence-electron chi connectivity index (χ2n) is 10.7. The Balaban J connectivity index is 1.35. The Hall–Kier alpha value is -3.24. The van der Waals surface area contributed by atoms with Gasteiger partial charge in [-0.3, -0.25) is 4.79 Å². The highest BCUT2D eigenvalue weighted by Gasteiger charge is 2.43. The zero-order chi connectivity index (χ0) is 24.3. The Morgan fingerprint density at radius 3 is 2.60 bits per heavy atom. The van der Waals surface area contributed by atoms with Crippen molar-refractivity contribution in [3.8, 4) is 6.07 Å². The molecule has 2 saturated heterocycles. The summed E-state index contributed by atoms with van der Waals surface area (Å²) in [5.41, 5.74) is 2.47. The minimum atomic E-state index is -0.752. The van der Waals surface area contributed by atoms with Crippen molar-refractivity contribution in [1.82, 2.24) is 14.9 Å². The fraction of sp³-hybridized carbons (Fsp3) is 0.464. The maximum absolute atomic E-state index is 16.2. The zero-order valence-electron chi connectivity index (χ0n) is 20.3. The Labute approximate surface area is 204 Å². The number of pyridine rings is 1. The minimum Gasteiger partial charge on any atom is -0.357 e. The predicted octanol–water partition coefficient (Wildman–Crippen LogP) is 4.90. The van der Waals surface area contributed by atoms with Gasteiger partial charge in [0.25, 0.3) is 0 Å². The molecule has 2 fully saturated rings. The molecule has 6 rings (SSSR count). The largest absolute Gasteiger partial charge is 0.357 e. The molecule has 3 aliphatic rings. The summed E-state index contributed by atoms with van der Waals surface area (Å²) < 4.78 is 16.2. The maximum Gasteiger partial charge on any atom is 0.197 e. The van der Waals surface area contributed by atoms with E-state index in [4.69, 9.17) is 0 Å². The van der Waals surface area contributed by atoms with Gasteiger partial charge < -0.3 is 14.8 Å². The number of nitriles is 1. The first kappa shape index (κ1) is 22.2. The molecule has 180 valence electrons. The number of benzene rings is 1. The van der Waals surface area contributed by atoms with Crippen LogP contribution in [0, 0.1) is 17.1 Å². The monoisotopic (exact) mass is 471 g/mol. The van der Waals surface area contributed by atoms with Crippen molar-refractivity contribution in [1.29, 1.82) is 5.26 Å². The molecule has 0 bridgehead atoms. The number of carbonyl (C=O) groups is 1. The summed E-state index contributed by atoms with van der Waals surface area (Å²) in [7, 11) is 0. The van der Waals surface area contributed by atoms with Crippen LogP contribution in [0.25, 0.3) is 10.9 Å². The molecular weight excluding hydrogens is 441 g/mol. The van der Waals surface area contributed by atoms with E-state index >= 15 is 4.39 Å². The first-order valence-corrected chi connectivity index (χ1v) is 12.7. The summed E-state index contributed by atoms with van der Waals surface area (Å²) in [4.78, 5) is 26.1. The van der Waals surface area contributed by atoms with E-state index in [0.29, 0.717) is 39.8 Å². The van der Waals surface area contributed by atoms with Crippen molar-refractivity contribution in [3.63, 3.8) is 0 Å². The van der Waals surface area contributed by atoms with E-state index in [1.54, 1.807) is 24.4 Å². The number of piperidine rings is 2. The number of anilines is 1. The molecule has 2 aliphatic heterocycles. The predicted molar refractivity (Wildman–Crippen MR) is 133 cm³/mol. The molecular formula is C28H30FN5O. The second-order valence-corrected chi connectivity index (χ2v) is 10.7. The number of nitrogens with one attached hydrogen (secondary N) is 1. The van der Waals surface area contributed by atoms with E-state index in [9.17, 15) is 10.1 Å². The van der Waals surface area contributed by atoms with E-state index in [1.165, 1.54) is 32.4 Å². The molecule has 3 aromatic rings. The van der Waals surface area contributed by atoms with Crippen LogP contribution in [-0.2, 0) is 5.41 Å². The summed E-state index contributed by atoms with van der Waals surface area (Å²) in [5.74, 6) is -0.251. The van der Waals surface area contributed by atoms with Crippen LogP contribution in [0.1, 0.15) is 78.7 Å². The third kappa shape index (κ3) is 3.38. The molecule has 6 nitrogen and oxygen atoms in total. The van der Waals surface area contributed by atoms with Crippen LogP contribution in [-0.4, -0.2) is 52.9 Å². The summed E-state index contributed by atoms with van der Waals surface area (Å²) >= 11 is 0. The number of aromatic nitrogens is 2. The number of aromatic amines is 1. The highest BCUT2D eigenvalue weighted by Crippen LogP contribution is 2.46. The first-order chi connectivity index (χ1) is 16.9. The Bertz CT molecular complexity index is 1370. The fourth-order valence-electron chi connectivity index (χ4n) is 6.44. The fourth-order valence-corrected chi connectivity index (χ4v) is 6.44. The van der Waals surface area contributed by atoms with Gasteiger partial charge in [0, 0.05) is 58.5 Å². The van der Waals surface area contributed by atoms with Gasteiger partial charge in [0.2, 0.25) is 0 Å². The number of ketones is 1. The number of carbonyl (C=O) groups excluding carboxylic acids is 1. The molecule has 1 N–H and O–H groups in total. The molecule has 1 aliphatic carbocycles. The van der Waals surface area contributed by atoms with Gasteiger partial charge in [0.15, 0.2) is 17.4 Å². The molecule has 0 unspecified atom stereocenters. The van der Waals surface area contributed by atoms with Crippen LogP contribution in [0.2, 0.25) is 0 Å². The van der Waals surface area contributed by atoms with E-state index in [-0.39, 0.29) is 11.6 Å². The van der Waals surface area contributed by atoms with Crippen LogP contribution in [0.15, 0.2) is 24.4 Å². The highest BCUT2D eigenvalue weighted by molar-refractivity contribution is 6.20. The number of nitrogens with zero attached hydrogens (tertiary/aromatic N) is 4. The number of hydrogen-bond donors (Lipinski definition) is 1. The molecule has 1 aromatic carbocycles. The first-order valence-electron chi connectivity index (χ1n) is 12.7. The number of fused-ring (bicyclic) bond motifs is 4. The maximum atomic E-state index is 16.2. The lowest BCUT2D eigenvalue weighted by molar-refractivity contribution is 0.103. The smallest absolute Gasteiger partial charge is 0.197 e. The van der Waals surface area contributed by atoms with Crippen LogP contribution in [0.4, 0.5) is 10.2 Å². The van der Waals surface area contributed by atoms with Crippen molar-refractivity contribution in [2.45, 2.75) is 57.4 Å². The number of H-pyrrole nitrogens is 1. The lowest BCUT2D eigenvalue weighted by Gasteiger charge is -2.41. The molecule has 35 heavy (non-hydrogen) atoms. The van der Waals surface area contributed by atoms with Gasteiger partial charge in [-0.05, 0) is 50.9 Å².